The fourth-order valence-electron chi connectivity index (χ4n) is 3.82. The lowest BCUT2D eigenvalue weighted by atomic mass is 9.96. The molecule has 2 fully saturated rings. The first kappa shape index (κ1) is 16.9. The molecule has 1 unspecified atom stereocenters. The average molecular weight is 367 g/mol. The third kappa shape index (κ3) is 3.04. The van der Waals surface area contributed by atoms with E-state index in [1.54, 1.807) is 7.11 Å². The highest BCUT2D eigenvalue weighted by Crippen LogP contribution is 2.39. The van der Waals surface area contributed by atoms with Gasteiger partial charge in [0.25, 0.3) is 0 Å². The summed E-state index contributed by atoms with van der Waals surface area (Å²) in [4.78, 5) is 4.74. The van der Waals surface area contributed by atoms with Crippen molar-refractivity contribution in [1.29, 1.82) is 0 Å². The molecule has 2 aromatic rings. The van der Waals surface area contributed by atoms with Crippen molar-refractivity contribution >= 4 is 5.90 Å². The molecule has 0 saturated carbocycles. The Balaban J connectivity index is 1.41. The van der Waals surface area contributed by atoms with Crippen LogP contribution in [0.3, 0.4) is 0 Å². The zero-order valence-electron chi connectivity index (χ0n) is 14.9. The van der Waals surface area contributed by atoms with Crippen molar-refractivity contribution in [3.05, 3.63) is 71.8 Å². The number of benzene rings is 2. The number of ether oxygens (including phenoxy) is 5. The molecule has 5 rings (SSSR count). The molecule has 0 amide bonds. The van der Waals surface area contributed by atoms with Gasteiger partial charge in [0.15, 0.2) is 18.7 Å². The SMILES string of the molecule is CO[C@H]1O[C@@H]2COC(c3ccccc3)O[C@H]2[C@@H]2OC(c3ccccc3)=N[C@H]12. The van der Waals surface area contributed by atoms with E-state index in [9.17, 15) is 0 Å². The van der Waals surface area contributed by atoms with Crippen LogP contribution in [0.5, 0.6) is 0 Å². The van der Waals surface area contributed by atoms with Crippen LogP contribution in [0.4, 0.5) is 0 Å². The molecule has 27 heavy (non-hydrogen) atoms. The predicted molar refractivity (Wildman–Crippen MR) is 97.3 cm³/mol. The van der Waals surface area contributed by atoms with Crippen LogP contribution in [-0.2, 0) is 23.7 Å². The summed E-state index contributed by atoms with van der Waals surface area (Å²) in [5.74, 6) is 0.600. The monoisotopic (exact) mass is 367 g/mol. The van der Waals surface area contributed by atoms with Crippen molar-refractivity contribution in [1.82, 2.24) is 0 Å². The summed E-state index contributed by atoms with van der Waals surface area (Å²) >= 11 is 0. The van der Waals surface area contributed by atoms with Crippen molar-refractivity contribution in [3.8, 4) is 0 Å². The molecule has 3 aliphatic heterocycles. The Hall–Kier alpha value is -2.25. The molecule has 3 heterocycles. The summed E-state index contributed by atoms with van der Waals surface area (Å²) in [6, 6.07) is 19.5. The van der Waals surface area contributed by atoms with Gasteiger partial charge in [-0.3, -0.25) is 0 Å². The van der Waals surface area contributed by atoms with Crippen LogP contribution in [0, 0.1) is 0 Å². The number of methoxy groups -OCH3 is 1. The summed E-state index contributed by atoms with van der Waals surface area (Å²) in [7, 11) is 1.62. The molecule has 6 atom stereocenters. The van der Waals surface area contributed by atoms with Crippen LogP contribution in [-0.4, -0.2) is 50.3 Å². The summed E-state index contributed by atoms with van der Waals surface area (Å²) in [6.07, 6.45) is -1.76. The fourth-order valence-corrected chi connectivity index (χ4v) is 3.82. The van der Waals surface area contributed by atoms with Gasteiger partial charge in [-0.2, -0.15) is 0 Å². The Bertz CT molecular complexity index is 812. The Morgan fingerprint density at radius 3 is 2.41 bits per heavy atom. The smallest absolute Gasteiger partial charge is 0.217 e. The standard InChI is InChI=1S/C21H21NO5/c1-23-21-16-18(26-19(22-16)13-8-4-2-5-9-13)17-15(25-21)12-24-20(27-17)14-10-6-3-7-11-14/h2-11,15-18,20-21H,12H2,1H3/t15-,16+,17-,18-,20?,21+/m1/s1. The second-order valence-electron chi connectivity index (χ2n) is 6.83. The predicted octanol–water partition coefficient (Wildman–Crippen LogP) is 2.69. The summed E-state index contributed by atoms with van der Waals surface area (Å²) in [6.45, 7) is 0.414. The molecule has 3 aliphatic rings. The van der Waals surface area contributed by atoms with E-state index < -0.39 is 12.6 Å². The van der Waals surface area contributed by atoms with E-state index in [4.69, 9.17) is 28.7 Å². The molecule has 140 valence electrons. The highest BCUT2D eigenvalue weighted by Gasteiger charge is 2.54. The number of nitrogens with zero attached hydrogens (tertiary/aromatic N) is 1. The molecular formula is C21H21NO5. The molecule has 0 N–H and O–H groups in total. The Morgan fingerprint density at radius 1 is 0.926 bits per heavy atom. The minimum Gasteiger partial charge on any atom is -0.469 e. The van der Waals surface area contributed by atoms with Crippen LogP contribution in [0.15, 0.2) is 65.7 Å². The van der Waals surface area contributed by atoms with E-state index in [2.05, 4.69) is 0 Å². The molecule has 2 aromatic carbocycles. The number of rotatable bonds is 3. The minimum absolute atomic E-state index is 0.263. The quantitative estimate of drug-likeness (QED) is 0.835. The van der Waals surface area contributed by atoms with Gasteiger partial charge in [-0.1, -0.05) is 48.5 Å². The molecule has 6 nitrogen and oxygen atoms in total. The molecule has 0 aromatic heterocycles. The molecule has 0 spiro atoms. The van der Waals surface area contributed by atoms with Crippen LogP contribution in [0.1, 0.15) is 17.4 Å². The van der Waals surface area contributed by atoms with E-state index in [1.807, 2.05) is 60.7 Å². The number of aliphatic imine (C=N–C) groups is 1. The largest absolute Gasteiger partial charge is 0.469 e. The van der Waals surface area contributed by atoms with Gasteiger partial charge >= 0.3 is 0 Å². The highest BCUT2D eigenvalue weighted by atomic mass is 16.7. The van der Waals surface area contributed by atoms with Crippen molar-refractivity contribution in [2.75, 3.05) is 13.7 Å². The van der Waals surface area contributed by atoms with Gasteiger partial charge in [0.05, 0.1) is 6.61 Å². The lowest BCUT2D eigenvalue weighted by Gasteiger charge is -2.45. The van der Waals surface area contributed by atoms with Gasteiger partial charge in [-0.15, -0.1) is 0 Å². The van der Waals surface area contributed by atoms with E-state index in [0.29, 0.717) is 12.5 Å². The van der Waals surface area contributed by atoms with Crippen LogP contribution >= 0.6 is 0 Å². The zero-order valence-corrected chi connectivity index (χ0v) is 14.9. The van der Waals surface area contributed by atoms with E-state index in [1.165, 1.54) is 0 Å². The topological polar surface area (TPSA) is 58.5 Å². The first-order chi connectivity index (χ1) is 13.3. The van der Waals surface area contributed by atoms with Gasteiger partial charge in [-0.25, -0.2) is 4.99 Å². The van der Waals surface area contributed by atoms with Gasteiger partial charge in [0, 0.05) is 18.2 Å². The maximum atomic E-state index is 6.27. The zero-order chi connectivity index (χ0) is 18.2. The third-order valence-corrected chi connectivity index (χ3v) is 5.15. The minimum atomic E-state index is -0.488. The van der Waals surface area contributed by atoms with E-state index >= 15 is 0 Å². The third-order valence-electron chi connectivity index (χ3n) is 5.15. The maximum Gasteiger partial charge on any atom is 0.217 e. The van der Waals surface area contributed by atoms with Crippen molar-refractivity contribution in [3.63, 3.8) is 0 Å². The number of fused-ring (bicyclic) bond motifs is 3. The van der Waals surface area contributed by atoms with Crippen molar-refractivity contribution < 1.29 is 23.7 Å². The second-order valence-corrected chi connectivity index (χ2v) is 6.83. The molecule has 0 bridgehead atoms. The molecule has 0 aliphatic carbocycles. The molecule has 0 radical (unpaired) electrons. The number of hydrogen-bond donors (Lipinski definition) is 0. The highest BCUT2D eigenvalue weighted by molar-refractivity contribution is 5.95. The van der Waals surface area contributed by atoms with Crippen LogP contribution < -0.4 is 0 Å². The number of hydrogen-bond acceptors (Lipinski definition) is 6. The normalized spacial score (nSPS) is 34.9. The fraction of sp³-hybridized carbons (Fsp3) is 0.381. The maximum absolute atomic E-state index is 6.27. The molecule has 2 saturated heterocycles. The summed E-state index contributed by atoms with van der Waals surface area (Å²) in [5, 5.41) is 0. The summed E-state index contributed by atoms with van der Waals surface area (Å²) in [5.41, 5.74) is 1.91. The van der Waals surface area contributed by atoms with Crippen molar-refractivity contribution in [2.24, 2.45) is 4.99 Å². The Kier molecular flexibility index (Phi) is 4.41. The first-order valence-corrected chi connectivity index (χ1v) is 9.13. The van der Waals surface area contributed by atoms with Gasteiger partial charge in [0.1, 0.15) is 18.2 Å². The second kappa shape index (κ2) is 7.05. The van der Waals surface area contributed by atoms with E-state index in [-0.39, 0.29) is 24.4 Å². The lowest BCUT2D eigenvalue weighted by Crippen LogP contribution is -2.60. The molecule has 6 heteroatoms. The van der Waals surface area contributed by atoms with Crippen LogP contribution in [0.25, 0.3) is 0 Å². The van der Waals surface area contributed by atoms with E-state index in [0.717, 1.165) is 11.1 Å². The van der Waals surface area contributed by atoms with Gasteiger partial charge < -0.3 is 23.7 Å². The summed E-state index contributed by atoms with van der Waals surface area (Å²) < 4.78 is 30.0. The molecular weight excluding hydrogens is 346 g/mol. The Labute approximate surface area is 157 Å². The van der Waals surface area contributed by atoms with Gasteiger partial charge in [0.2, 0.25) is 5.90 Å². The van der Waals surface area contributed by atoms with Crippen molar-refractivity contribution in [2.45, 2.75) is 36.9 Å². The lowest BCUT2D eigenvalue weighted by molar-refractivity contribution is -0.333. The average Bonchev–Trinajstić information content (AvgIpc) is 3.20. The Morgan fingerprint density at radius 2 is 1.67 bits per heavy atom. The van der Waals surface area contributed by atoms with Crippen LogP contribution in [0.2, 0.25) is 0 Å². The first-order valence-electron chi connectivity index (χ1n) is 9.13. The van der Waals surface area contributed by atoms with Gasteiger partial charge in [-0.05, 0) is 12.1 Å².